The van der Waals surface area contributed by atoms with E-state index in [4.69, 9.17) is 4.74 Å². The quantitative estimate of drug-likeness (QED) is 0.679. The van der Waals surface area contributed by atoms with Gasteiger partial charge in [0, 0.05) is 25.5 Å². The van der Waals surface area contributed by atoms with Crippen molar-refractivity contribution in [2.45, 2.75) is 13.2 Å². The first-order chi connectivity index (χ1) is 6.31. The van der Waals surface area contributed by atoms with Crippen LogP contribution in [0, 0.1) is 0 Å². The third-order valence-corrected chi connectivity index (χ3v) is 2.20. The Morgan fingerprint density at radius 1 is 1.69 bits per heavy atom. The van der Waals surface area contributed by atoms with Crippen molar-refractivity contribution in [3.05, 3.63) is 23.5 Å². The molecule has 70 valence electrons. The molecule has 0 spiro atoms. The van der Waals surface area contributed by atoms with E-state index < -0.39 is 0 Å². The summed E-state index contributed by atoms with van der Waals surface area (Å²) in [6.45, 7) is 2.18. The van der Waals surface area contributed by atoms with Crippen LogP contribution < -0.4 is 5.32 Å². The van der Waals surface area contributed by atoms with E-state index in [0.717, 1.165) is 18.8 Å². The molecule has 1 aliphatic rings. The zero-order chi connectivity index (χ0) is 9.26. The van der Waals surface area contributed by atoms with E-state index in [1.807, 2.05) is 12.3 Å². The normalized spacial score (nSPS) is 15.2. The van der Waals surface area contributed by atoms with Gasteiger partial charge in [0.05, 0.1) is 18.8 Å². The van der Waals surface area contributed by atoms with Gasteiger partial charge in [-0.1, -0.05) is 0 Å². The summed E-state index contributed by atoms with van der Waals surface area (Å²) >= 11 is 0. The number of amides is 1. The molecule has 0 fully saturated rings. The molecule has 1 aromatic heterocycles. The Bertz CT molecular complexity index is 307. The van der Waals surface area contributed by atoms with E-state index in [2.05, 4.69) is 9.88 Å². The second-order valence-electron chi connectivity index (χ2n) is 3.05. The summed E-state index contributed by atoms with van der Waals surface area (Å²) in [5.74, 6) is -0.0399. The standard InChI is InChI=1S/C9H12N2O2/c1-10-9(12)7-4-8-6-13-3-2-11(8)5-7/h4-5H,2-3,6H2,1H3,(H,10,12). The number of carbonyl (C=O) groups excluding carboxylic acids is 1. The number of fused-ring (bicyclic) bond motifs is 1. The minimum atomic E-state index is -0.0399. The van der Waals surface area contributed by atoms with Crippen LogP contribution in [-0.4, -0.2) is 24.1 Å². The fraction of sp³-hybridized carbons (Fsp3) is 0.444. The highest BCUT2D eigenvalue weighted by Gasteiger charge is 2.13. The van der Waals surface area contributed by atoms with Crippen molar-refractivity contribution in [3.8, 4) is 0 Å². The molecule has 0 bridgehead atoms. The first-order valence-electron chi connectivity index (χ1n) is 4.30. The fourth-order valence-corrected chi connectivity index (χ4v) is 1.49. The van der Waals surface area contributed by atoms with Crippen molar-refractivity contribution in [1.29, 1.82) is 0 Å². The molecule has 2 heterocycles. The Morgan fingerprint density at radius 2 is 2.54 bits per heavy atom. The summed E-state index contributed by atoms with van der Waals surface area (Å²) in [7, 11) is 1.63. The number of carbonyl (C=O) groups is 1. The van der Waals surface area contributed by atoms with Crippen LogP contribution in [0.4, 0.5) is 0 Å². The van der Waals surface area contributed by atoms with Crippen LogP contribution in [0.25, 0.3) is 0 Å². The summed E-state index contributed by atoms with van der Waals surface area (Å²) in [5.41, 5.74) is 1.79. The van der Waals surface area contributed by atoms with Gasteiger partial charge in [0.1, 0.15) is 0 Å². The summed E-state index contributed by atoms with van der Waals surface area (Å²) in [6, 6.07) is 1.87. The van der Waals surface area contributed by atoms with E-state index in [9.17, 15) is 4.79 Å². The van der Waals surface area contributed by atoms with Crippen LogP contribution in [0.3, 0.4) is 0 Å². The monoisotopic (exact) mass is 180 g/mol. The van der Waals surface area contributed by atoms with Gasteiger partial charge in [-0.3, -0.25) is 4.79 Å². The maximum absolute atomic E-state index is 11.3. The first-order valence-corrected chi connectivity index (χ1v) is 4.30. The third kappa shape index (κ3) is 1.45. The van der Waals surface area contributed by atoms with E-state index >= 15 is 0 Å². The van der Waals surface area contributed by atoms with Crippen molar-refractivity contribution < 1.29 is 9.53 Å². The Labute approximate surface area is 76.5 Å². The van der Waals surface area contributed by atoms with Gasteiger partial charge in [-0.2, -0.15) is 0 Å². The lowest BCUT2D eigenvalue weighted by molar-refractivity contribution is 0.0850. The van der Waals surface area contributed by atoms with Gasteiger partial charge in [0.15, 0.2) is 0 Å². The molecule has 0 saturated carbocycles. The molecule has 0 unspecified atom stereocenters. The molecule has 1 N–H and O–H groups in total. The number of hydrogen-bond donors (Lipinski definition) is 1. The highest BCUT2D eigenvalue weighted by molar-refractivity contribution is 5.94. The molecule has 13 heavy (non-hydrogen) atoms. The molecule has 0 atom stereocenters. The minimum absolute atomic E-state index is 0.0399. The zero-order valence-electron chi connectivity index (χ0n) is 7.54. The molecule has 0 aromatic carbocycles. The second kappa shape index (κ2) is 3.22. The number of rotatable bonds is 1. The SMILES string of the molecule is CNC(=O)c1cc2n(c1)CCOC2. The number of hydrogen-bond acceptors (Lipinski definition) is 2. The van der Waals surface area contributed by atoms with Gasteiger partial charge in [-0.05, 0) is 6.07 Å². The summed E-state index contributed by atoms with van der Waals surface area (Å²) in [6.07, 6.45) is 1.87. The van der Waals surface area contributed by atoms with Crippen molar-refractivity contribution >= 4 is 5.91 Å². The lowest BCUT2D eigenvalue weighted by atomic mass is 10.3. The van der Waals surface area contributed by atoms with Gasteiger partial charge in [-0.25, -0.2) is 0 Å². The molecule has 2 rings (SSSR count). The first kappa shape index (κ1) is 8.31. The van der Waals surface area contributed by atoms with Gasteiger partial charge < -0.3 is 14.6 Å². The minimum Gasteiger partial charge on any atom is -0.373 e. The smallest absolute Gasteiger partial charge is 0.252 e. The summed E-state index contributed by atoms with van der Waals surface area (Å²) < 4.78 is 7.33. The number of nitrogens with one attached hydrogen (secondary N) is 1. The van der Waals surface area contributed by atoms with Gasteiger partial charge in [0.2, 0.25) is 0 Å². The van der Waals surface area contributed by atoms with E-state index in [1.54, 1.807) is 7.05 Å². The largest absolute Gasteiger partial charge is 0.373 e. The van der Waals surface area contributed by atoms with Crippen LogP contribution in [0.5, 0.6) is 0 Å². The van der Waals surface area contributed by atoms with Crippen LogP contribution in [0.2, 0.25) is 0 Å². The van der Waals surface area contributed by atoms with Crippen molar-refractivity contribution in [1.82, 2.24) is 9.88 Å². The molecule has 1 aliphatic heterocycles. The Balaban J connectivity index is 2.30. The Kier molecular flexibility index (Phi) is 2.06. The zero-order valence-corrected chi connectivity index (χ0v) is 7.54. The summed E-state index contributed by atoms with van der Waals surface area (Å²) in [4.78, 5) is 11.3. The van der Waals surface area contributed by atoms with Crippen molar-refractivity contribution in [2.24, 2.45) is 0 Å². The van der Waals surface area contributed by atoms with E-state index in [1.165, 1.54) is 0 Å². The topological polar surface area (TPSA) is 43.3 Å². The van der Waals surface area contributed by atoms with Gasteiger partial charge in [-0.15, -0.1) is 0 Å². The van der Waals surface area contributed by atoms with Crippen LogP contribution >= 0.6 is 0 Å². The van der Waals surface area contributed by atoms with Gasteiger partial charge in [0.25, 0.3) is 5.91 Å². The Morgan fingerprint density at radius 3 is 3.23 bits per heavy atom. The molecule has 0 radical (unpaired) electrons. The molecule has 0 aliphatic carbocycles. The predicted octanol–water partition coefficient (Wildman–Crippen LogP) is 0.378. The van der Waals surface area contributed by atoms with Crippen LogP contribution in [0.15, 0.2) is 12.3 Å². The Hall–Kier alpha value is -1.29. The molecule has 1 aromatic rings. The predicted molar refractivity (Wildman–Crippen MR) is 47.5 cm³/mol. The lowest BCUT2D eigenvalue weighted by Crippen LogP contribution is -2.17. The van der Waals surface area contributed by atoms with Gasteiger partial charge >= 0.3 is 0 Å². The van der Waals surface area contributed by atoms with E-state index in [-0.39, 0.29) is 5.91 Å². The van der Waals surface area contributed by atoms with Crippen LogP contribution in [0.1, 0.15) is 16.1 Å². The number of nitrogens with zero attached hydrogens (tertiary/aromatic N) is 1. The number of ether oxygens (including phenoxy) is 1. The molecule has 0 saturated heterocycles. The molecular formula is C9H12N2O2. The average molecular weight is 180 g/mol. The van der Waals surface area contributed by atoms with E-state index in [0.29, 0.717) is 12.2 Å². The maximum atomic E-state index is 11.3. The highest BCUT2D eigenvalue weighted by Crippen LogP contribution is 2.13. The third-order valence-electron chi connectivity index (χ3n) is 2.20. The summed E-state index contributed by atoms with van der Waals surface area (Å²) in [5, 5.41) is 2.60. The molecule has 1 amide bonds. The number of aromatic nitrogens is 1. The van der Waals surface area contributed by atoms with Crippen molar-refractivity contribution in [3.63, 3.8) is 0 Å². The molecule has 4 heteroatoms. The molecule has 4 nitrogen and oxygen atoms in total. The fourth-order valence-electron chi connectivity index (χ4n) is 1.49. The van der Waals surface area contributed by atoms with Crippen LogP contribution in [-0.2, 0) is 17.9 Å². The highest BCUT2D eigenvalue weighted by atomic mass is 16.5. The second-order valence-corrected chi connectivity index (χ2v) is 3.05. The molecular weight excluding hydrogens is 168 g/mol. The maximum Gasteiger partial charge on any atom is 0.252 e. The average Bonchev–Trinajstić information content (AvgIpc) is 2.59. The van der Waals surface area contributed by atoms with Crippen molar-refractivity contribution in [2.75, 3.05) is 13.7 Å². The lowest BCUT2D eigenvalue weighted by Gasteiger charge is -2.14.